The molecule has 1 aromatic carbocycles. The maximum absolute atomic E-state index is 10.7. The van der Waals surface area contributed by atoms with Gasteiger partial charge in [-0.1, -0.05) is 22.0 Å². The first-order valence-electron chi connectivity index (χ1n) is 6.61. The van der Waals surface area contributed by atoms with Gasteiger partial charge in [0.2, 0.25) is 0 Å². The Kier molecular flexibility index (Phi) is 7.33. The Balaban J connectivity index is 2.99. The largest absolute Gasteiger partial charge is 0.478 e. The van der Waals surface area contributed by atoms with Crippen molar-refractivity contribution in [2.45, 2.75) is 13.8 Å². The molecule has 0 fully saturated rings. The van der Waals surface area contributed by atoms with Gasteiger partial charge in [-0.3, -0.25) is 0 Å². The van der Waals surface area contributed by atoms with Gasteiger partial charge in [-0.05, 0) is 37.6 Å². The molecule has 0 spiro atoms. The van der Waals surface area contributed by atoms with Gasteiger partial charge in [0.1, 0.15) is 0 Å². The molecule has 0 aliphatic carbocycles. The van der Waals surface area contributed by atoms with Crippen molar-refractivity contribution in [3.63, 3.8) is 0 Å². The lowest BCUT2D eigenvalue weighted by Gasteiger charge is -2.25. The summed E-state index contributed by atoms with van der Waals surface area (Å²) in [5.74, 6) is -0.948. The van der Waals surface area contributed by atoms with Crippen molar-refractivity contribution >= 4 is 33.7 Å². The van der Waals surface area contributed by atoms with Gasteiger partial charge in [-0.15, -0.1) is 0 Å². The SMILES string of the molecule is CCOCCN(CC)c1cc(Br)ccc1C=CC(=O)O. The van der Waals surface area contributed by atoms with Gasteiger partial charge in [0.05, 0.1) is 6.61 Å². The average molecular weight is 342 g/mol. The third kappa shape index (κ3) is 5.35. The number of ether oxygens (including phenoxy) is 1. The summed E-state index contributed by atoms with van der Waals surface area (Å²) >= 11 is 3.46. The molecule has 0 atom stereocenters. The van der Waals surface area contributed by atoms with Crippen molar-refractivity contribution in [1.29, 1.82) is 0 Å². The molecule has 5 heteroatoms. The van der Waals surface area contributed by atoms with Crippen LogP contribution >= 0.6 is 15.9 Å². The third-order valence-electron chi connectivity index (χ3n) is 2.83. The van der Waals surface area contributed by atoms with Crippen molar-refractivity contribution in [3.8, 4) is 0 Å². The third-order valence-corrected chi connectivity index (χ3v) is 3.32. The number of hydrogen-bond donors (Lipinski definition) is 1. The maximum Gasteiger partial charge on any atom is 0.328 e. The number of halogens is 1. The van der Waals surface area contributed by atoms with Crippen LogP contribution in [-0.2, 0) is 9.53 Å². The lowest BCUT2D eigenvalue weighted by atomic mass is 10.1. The Bertz CT molecular complexity index is 474. The van der Waals surface area contributed by atoms with E-state index < -0.39 is 5.97 Å². The smallest absolute Gasteiger partial charge is 0.328 e. The molecular weight excluding hydrogens is 322 g/mol. The molecule has 0 saturated carbocycles. The highest BCUT2D eigenvalue weighted by Gasteiger charge is 2.09. The Morgan fingerprint density at radius 3 is 2.80 bits per heavy atom. The summed E-state index contributed by atoms with van der Waals surface area (Å²) in [6.07, 6.45) is 2.77. The van der Waals surface area contributed by atoms with Crippen LogP contribution in [0.25, 0.3) is 6.08 Å². The molecule has 0 radical (unpaired) electrons. The van der Waals surface area contributed by atoms with E-state index in [-0.39, 0.29) is 0 Å². The second-order valence-electron chi connectivity index (χ2n) is 4.15. The predicted molar refractivity (Wildman–Crippen MR) is 85.2 cm³/mol. The van der Waals surface area contributed by atoms with Gasteiger partial charge in [0, 0.05) is 35.9 Å². The summed E-state index contributed by atoms with van der Waals surface area (Å²) in [6.45, 7) is 6.99. The molecule has 1 rings (SSSR count). The Morgan fingerprint density at radius 1 is 1.45 bits per heavy atom. The van der Waals surface area contributed by atoms with E-state index in [2.05, 4.69) is 27.8 Å². The van der Waals surface area contributed by atoms with Crippen molar-refractivity contribution in [2.75, 3.05) is 31.2 Å². The van der Waals surface area contributed by atoms with Crippen LogP contribution < -0.4 is 4.90 Å². The molecule has 1 N–H and O–H groups in total. The van der Waals surface area contributed by atoms with Gasteiger partial charge < -0.3 is 14.7 Å². The second-order valence-corrected chi connectivity index (χ2v) is 5.07. The molecule has 0 saturated heterocycles. The number of aliphatic carboxylic acids is 1. The Labute approximate surface area is 128 Å². The lowest BCUT2D eigenvalue weighted by molar-refractivity contribution is -0.131. The molecule has 4 nitrogen and oxygen atoms in total. The van der Waals surface area contributed by atoms with Crippen LogP contribution in [-0.4, -0.2) is 37.4 Å². The highest BCUT2D eigenvalue weighted by atomic mass is 79.9. The number of hydrogen-bond acceptors (Lipinski definition) is 3. The van der Waals surface area contributed by atoms with E-state index in [0.29, 0.717) is 13.2 Å². The van der Waals surface area contributed by atoms with Crippen LogP contribution in [0.4, 0.5) is 5.69 Å². The van der Waals surface area contributed by atoms with Crippen LogP contribution in [0.5, 0.6) is 0 Å². The number of likely N-dealkylation sites (N-methyl/N-ethyl adjacent to an activating group) is 1. The monoisotopic (exact) mass is 341 g/mol. The Hall–Kier alpha value is -1.33. The summed E-state index contributed by atoms with van der Waals surface area (Å²) in [4.78, 5) is 12.8. The average Bonchev–Trinajstić information content (AvgIpc) is 2.42. The number of carboxylic acid groups (broad SMARTS) is 1. The molecule has 20 heavy (non-hydrogen) atoms. The Morgan fingerprint density at radius 2 is 2.20 bits per heavy atom. The number of anilines is 1. The van der Waals surface area contributed by atoms with Crippen LogP contribution in [0.1, 0.15) is 19.4 Å². The summed E-state index contributed by atoms with van der Waals surface area (Å²) < 4.78 is 6.36. The zero-order chi connectivity index (χ0) is 15.0. The first kappa shape index (κ1) is 16.7. The number of carbonyl (C=O) groups is 1. The van der Waals surface area contributed by atoms with E-state index in [1.54, 1.807) is 6.08 Å². The van der Waals surface area contributed by atoms with E-state index in [4.69, 9.17) is 9.84 Å². The zero-order valence-electron chi connectivity index (χ0n) is 11.8. The first-order valence-corrected chi connectivity index (χ1v) is 7.41. The van der Waals surface area contributed by atoms with E-state index >= 15 is 0 Å². The second kappa shape index (κ2) is 8.76. The van der Waals surface area contributed by atoms with Gasteiger partial charge in [0.15, 0.2) is 0 Å². The van der Waals surface area contributed by atoms with Crippen molar-refractivity contribution in [3.05, 3.63) is 34.3 Å². The molecule has 0 aliphatic rings. The number of rotatable bonds is 8. The minimum atomic E-state index is -0.948. The van der Waals surface area contributed by atoms with Gasteiger partial charge in [-0.2, -0.15) is 0 Å². The summed E-state index contributed by atoms with van der Waals surface area (Å²) in [7, 11) is 0. The summed E-state index contributed by atoms with van der Waals surface area (Å²) in [5.41, 5.74) is 1.88. The number of benzene rings is 1. The zero-order valence-corrected chi connectivity index (χ0v) is 13.4. The van der Waals surface area contributed by atoms with E-state index in [1.807, 2.05) is 25.1 Å². The predicted octanol–water partition coefficient (Wildman–Crippen LogP) is 3.41. The number of carboxylic acids is 1. The van der Waals surface area contributed by atoms with Crippen molar-refractivity contribution in [2.24, 2.45) is 0 Å². The fourth-order valence-corrected chi connectivity index (χ4v) is 2.21. The van der Waals surface area contributed by atoms with Gasteiger partial charge in [-0.25, -0.2) is 4.79 Å². The molecular formula is C15H20BrNO3. The van der Waals surface area contributed by atoms with Crippen molar-refractivity contribution in [1.82, 2.24) is 0 Å². The molecule has 0 aromatic heterocycles. The highest BCUT2D eigenvalue weighted by molar-refractivity contribution is 9.10. The highest BCUT2D eigenvalue weighted by Crippen LogP contribution is 2.26. The minimum absolute atomic E-state index is 0.652. The summed E-state index contributed by atoms with van der Waals surface area (Å²) in [6, 6.07) is 5.81. The molecule has 0 heterocycles. The maximum atomic E-state index is 10.7. The first-order chi connectivity index (χ1) is 9.58. The van der Waals surface area contributed by atoms with E-state index in [0.717, 1.165) is 34.9 Å². The van der Waals surface area contributed by atoms with E-state index in [9.17, 15) is 4.79 Å². The molecule has 110 valence electrons. The van der Waals surface area contributed by atoms with Crippen LogP contribution in [0.2, 0.25) is 0 Å². The lowest BCUT2D eigenvalue weighted by Crippen LogP contribution is -2.27. The standard InChI is InChI=1S/C15H20BrNO3/c1-3-17(9-10-20-4-2)14-11-13(16)7-5-12(14)6-8-15(18)19/h5-8,11H,3-4,9-10H2,1-2H3,(H,18,19). The van der Waals surface area contributed by atoms with Crippen LogP contribution in [0.15, 0.2) is 28.7 Å². The molecule has 0 amide bonds. The fourth-order valence-electron chi connectivity index (χ4n) is 1.86. The molecule has 1 aromatic rings. The minimum Gasteiger partial charge on any atom is -0.478 e. The molecule has 0 bridgehead atoms. The van der Waals surface area contributed by atoms with Crippen molar-refractivity contribution < 1.29 is 14.6 Å². The number of nitrogens with zero attached hydrogens (tertiary/aromatic N) is 1. The molecule has 0 aliphatic heterocycles. The quantitative estimate of drug-likeness (QED) is 0.581. The van der Waals surface area contributed by atoms with Gasteiger partial charge >= 0.3 is 5.97 Å². The van der Waals surface area contributed by atoms with Crippen LogP contribution in [0.3, 0.4) is 0 Å². The molecule has 0 unspecified atom stereocenters. The van der Waals surface area contributed by atoms with Crippen LogP contribution in [0, 0.1) is 0 Å². The summed E-state index contributed by atoms with van der Waals surface area (Å²) in [5, 5.41) is 8.76. The van der Waals surface area contributed by atoms with E-state index in [1.165, 1.54) is 0 Å². The fraction of sp³-hybridized carbons (Fsp3) is 0.400. The topological polar surface area (TPSA) is 49.8 Å². The van der Waals surface area contributed by atoms with Gasteiger partial charge in [0.25, 0.3) is 0 Å². The normalized spacial score (nSPS) is 10.9.